The number of nitrogens with zero attached hydrogens (tertiary/aromatic N) is 2. The lowest BCUT2D eigenvalue weighted by Crippen LogP contribution is -2.46. The van der Waals surface area contributed by atoms with Gasteiger partial charge in [0.05, 0.1) is 0 Å². The summed E-state index contributed by atoms with van der Waals surface area (Å²) in [4.78, 5) is 18.3. The van der Waals surface area contributed by atoms with Crippen LogP contribution in [0.1, 0.15) is 28.9 Å². The Balaban J connectivity index is 2.09. The van der Waals surface area contributed by atoms with Gasteiger partial charge in [0.1, 0.15) is 0 Å². The van der Waals surface area contributed by atoms with Crippen LogP contribution >= 0.6 is 0 Å². The number of hydrogen-bond donors (Lipinski definition) is 1. The van der Waals surface area contributed by atoms with Gasteiger partial charge in [-0.25, -0.2) is 0 Å². The SMILES string of the molecule is CNC1CCCN(C(=O)c2ccnc(C)c2)C1. The van der Waals surface area contributed by atoms with Crippen LogP contribution in [-0.4, -0.2) is 42.0 Å². The van der Waals surface area contributed by atoms with Crippen molar-refractivity contribution in [3.05, 3.63) is 29.6 Å². The Morgan fingerprint density at radius 1 is 1.59 bits per heavy atom. The summed E-state index contributed by atoms with van der Waals surface area (Å²) in [6.07, 6.45) is 3.92. The topological polar surface area (TPSA) is 45.2 Å². The number of piperidine rings is 1. The number of amides is 1. The largest absolute Gasteiger partial charge is 0.337 e. The molecule has 17 heavy (non-hydrogen) atoms. The molecule has 4 nitrogen and oxygen atoms in total. The molecule has 0 bridgehead atoms. The molecule has 1 aliphatic heterocycles. The van der Waals surface area contributed by atoms with Crippen molar-refractivity contribution in [2.75, 3.05) is 20.1 Å². The summed E-state index contributed by atoms with van der Waals surface area (Å²) < 4.78 is 0. The highest BCUT2D eigenvalue weighted by Crippen LogP contribution is 2.13. The Labute approximate surface area is 102 Å². The molecule has 0 spiro atoms. The molecule has 0 saturated carbocycles. The van der Waals surface area contributed by atoms with E-state index in [1.807, 2.05) is 24.9 Å². The van der Waals surface area contributed by atoms with Crippen LogP contribution in [0.5, 0.6) is 0 Å². The minimum Gasteiger partial charge on any atom is -0.337 e. The summed E-state index contributed by atoms with van der Waals surface area (Å²) in [5.41, 5.74) is 1.63. The number of aryl methyl sites for hydroxylation is 1. The first-order valence-corrected chi connectivity index (χ1v) is 6.10. The maximum absolute atomic E-state index is 12.3. The van der Waals surface area contributed by atoms with E-state index in [9.17, 15) is 4.79 Å². The van der Waals surface area contributed by atoms with Crippen LogP contribution in [-0.2, 0) is 0 Å². The van der Waals surface area contributed by atoms with E-state index >= 15 is 0 Å². The van der Waals surface area contributed by atoms with E-state index in [-0.39, 0.29) is 5.91 Å². The van der Waals surface area contributed by atoms with E-state index in [0.717, 1.165) is 37.2 Å². The predicted octanol–water partition coefficient (Wildman–Crippen LogP) is 1.21. The average molecular weight is 233 g/mol. The van der Waals surface area contributed by atoms with Gasteiger partial charge >= 0.3 is 0 Å². The first-order valence-electron chi connectivity index (χ1n) is 6.10. The maximum atomic E-state index is 12.3. The van der Waals surface area contributed by atoms with Crippen LogP contribution in [0.2, 0.25) is 0 Å². The van der Waals surface area contributed by atoms with Gasteiger partial charge < -0.3 is 10.2 Å². The Hall–Kier alpha value is -1.42. The highest BCUT2D eigenvalue weighted by molar-refractivity contribution is 5.94. The third-order valence-corrected chi connectivity index (χ3v) is 3.26. The smallest absolute Gasteiger partial charge is 0.254 e. The van der Waals surface area contributed by atoms with E-state index in [1.54, 1.807) is 12.3 Å². The molecule has 92 valence electrons. The van der Waals surface area contributed by atoms with Crippen LogP contribution in [0.25, 0.3) is 0 Å². The van der Waals surface area contributed by atoms with E-state index < -0.39 is 0 Å². The van der Waals surface area contributed by atoms with Gasteiger partial charge in [-0.05, 0) is 38.9 Å². The van der Waals surface area contributed by atoms with Crippen LogP contribution in [0, 0.1) is 6.92 Å². The lowest BCUT2D eigenvalue weighted by Gasteiger charge is -2.32. The molecule has 0 radical (unpaired) electrons. The van der Waals surface area contributed by atoms with Gasteiger partial charge in [-0.1, -0.05) is 0 Å². The lowest BCUT2D eigenvalue weighted by molar-refractivity contribution is 0.0698. The fourth-order valence-electron chi connectivity index (χ4n) is 2.26. The third-order valence-electron chi connectivity index (χ3n) is 3.26. The predicted molar refractivity (Wildman–Crippen MR) is 67.0 cm³/mol. The molecular formula is C13H19N3O. The quantitative estimate of drug-likeness (QED) is 0.835. The summed E-state index contributed by atoms with van der Waals surface area (Å²) in [6.45, 7) is 3.57. The van der Waals surface area contributed by atoms with Crippen molar-refractivity contribution in [1.29, 1.82) is 0 Å². The second-order valence-electron chi connectivity index (χ2n) is 4.56. The minimum atomic E-state index is 0.121. The molecule has 1 aromatic rings. The fourth-order valence-corrected chi connectivity index (χ4v) is 2.26. The van der Waals surface area contributed by atoms with E-state index in [1.165, 1.54) is 0 Å². The molecule has 1 fully saturated rings. The first-order chi connectivity index (χ1) is 8.20. The minimum absolute atomic E-state index is 0.121. The molecule has 1 aromatic heterocycles. The molecule has 4 heteroatoms. The number of aromatic nitrogens is 1. The van der Waals surface area contributed by atoms with Crippen molar-refractivity contribution in [3.8, 4) is 0 Å². The zero-order chi connectivity index (χ0) is 12.3. The van der Waals surface area contributed by atoms with Gasteiger partial charge in [0.2, 0.25) is 0 Å². The van der Waals surface area contributed by atoms with Gasteiger partial charge in [-0.2, -0.15) is 0 Å². The number of nitrogens with one attached hydrogen (secondary N) is 1. The molecule has 1 amide bonds. The molecule has 1 saturated heterocycles. The second-order valence-corrected chi connectivity index (χ2v) is 4.56. The normalized spacial score (nSPS) is 20.4. The molecular weight excluding hydrogens is 214 g/mol. The fraction of sp³-hybridized carbons (Fsp3) is 0.538. The monoisotopic (exact) mass is 233 g/mol. The Kier molecular flexibility index (Phi) is 3.74. The molecule has 1 atom stereocenters. The number of likely N-dealkylation sites (tertiary alicyclic amines) is 1. The molecule has 2 heterocycles. The Bertz CT molecular complexity index is 405. The lowest BCUT2D eigenvalue weighted by atomic mass is 10.0. The standard InChI is InChI=1S/C13H19N3O/c1-10-8-11(5-6-15-10)13(17)16-7-3-4-12(9-16)14-2/h5-6,8,12,14H,3-4,7,9H2,1-2H3. The van der Waals surface area contributed by atoms with Crippen molar-refractivity contribution >= 4 is 5.91 Å². The van der Waals surface area contributed by atoms with Crippen LogP contribution in [0.3, 0.4) is 0 Å². The van der Waals surface area contributed by atoms with Crippen LogP contribution in [0.15, 0.2) is 18.3 Å². The summed E-state index contributed by atoms with van der Waals surface area (Å²) in [5, 5.41) is 3.25. The summed E-state index contributed by atoms with van der Waals surface area (Å²) in [5.74, 6) is 0.121. The number of pyridine rings is 1. The first kappa shape index (κ1) is 12.0. The van der Waals surface area contributed by atoms with Crippen LogP contribution < -0.4 is 5.32 Å². The summed E-state index contributed by atoms with van der Waals surface area (Å²) in [6, 6.07) is 4.07. The average Bonchev–Trinajstić information content (AvgIpc) is 2.38. The van der Waals surface area contributed by atoms with Crippen molar-refractivity contribution in [3.63, 3.8) is 0 Å². The zero-order valence-electron chi connectivity index (χ0n) is 10.4. The number of hydrogen-bond acceptors (Lipinski definition) is 3. The van der Waals surface area contributed by atoms with Gasteiger partial charge in [0.15, 0.2) is 0 Å². The van der Waals surface area contributed by atoms with E-state index in [0.29, 0.717) is 6.04 Å². The number of carbonyl (C=O) groups is 1. The number of carbonyl (C=O) groups excluding carboxylic acids is 1. The molecule has 2 rings (SSSR count). The van der Waals surface area contributed by atoms with Gasteiger partial charge in [-0.3, -0.25) is 9.78 Å². The van der Waals surface area contributed by atoms with Gasteiger partial charge in [0.25, 0.3) is 5.91 Å². The van der Waals surface area contributed by atoms with Crippen molar-refractivity contribution in [2.45, 2.75) is 25.8 Å². The second kappa shape index (κ2) is 5.27. The van der Waals surface area contributed by atoms with Gasteiger partial charge in [-0.15, -0.1) is 0 Å². The molecule has 0 aromatic carbocycles. The van der Waals surface area contributed by atoms with Crippen molar-refractivity contribution < 1.29 is 4.79 Å². The van der Waals surface area contributed by atoms with Gasteiger partial charge in [0, 0.05) is 36.6 Å². The highest BCUT2D eigenvalue weighted by atomic mass is 16.2. The van der Waals surface area contributed by atoms with E-state index in [4.69, 9.17) is 0 Å². The molecule has 1 unspecified atom stereocenters. The summed E-state index contributed by atoms with van der Waals surface area (Å²) >= 11 is 0. The van der Waals surface area contributed by atoms with Crippen molar-refractivity contribution in [1.82, 2.24) is 15.2 Å². The number of likely N-dealkylation sites (N-methyl/N-ethyl adjacent to an activating group) is 1. The molecule has 0 aliphatic carbocycles. The molecule has 1 N–H and O–H groups in total. The highest BCUT2D eigenvalue weighted by Gasteiger charge is 2.23. The van der Waals surface area contributed by atoms with Crippen LogP contribution in [0.4, 0.5) is 0 Å². The Morgan fingerprint density at radius 2 is 2.41 bits per heavy atom. The summed E-state index contributed by atoms with van der Waals surface area (Å²) in [7, 11) is 1.95. The Morgan fingerprint density at radius 3 is 3.12 bits per heavy atom. The number of rotatable bonds is 2. The zero-order valence-corrected chi connectivity index (χ0v) is 10.4. The van der Waals surface area contributed by atoms with E-state index in [2.05, 4.69) is 10.3 Å². The molecule has 1 aliphatic rings. The maximum Gasteiger partial charge on any atom is 0.254 e. The third kappa shape index (κ3) is 2.82. The van der Waals surface area contributed by atoms with Crippen molar-refractivity contribution in [2.24, 2.45) is 0 Å².